The van der Waals surface area contributed by atoms with Crippen molar-refractivity contribution in [1.29, 1.82) is 0 Å². The number of aromatic amines is 1. The van der Waals surface area contributed by atoms with E-state index < -0.39 is 0 Å². The van der Waals surface area contributed by atoms with E-state index in [0.717, 1.165) is 11.3 Å². The number of benzene rings is 1. The van der Waals surface area contributed by atoms with E-state index in [4.69, 9.17) is 0 Å². The molecule has 0 aliphatic rings. The third kappa shape index (κ3) is 3.56. The minimum atomic E-state index is -0.181. The number of aryl methyl sites for hydroxylation is 1. The summed E-state index contributed by atoms with van der Waals surface area (Å²) in [7, 11) is 0. The molecule has 0 aliphatic carbocycles. The van der Waals surface area contributed by atoms with Crippen molar-refractivity contribution in [3.63, 3.8) is 0 Å². The SMILES string of the molecule is Cc1nnc(SC/C=C/c2ccccc2)[nH]c1=O. The maximum absolute atomic E-state index is 11.3. The zero-order valence-electron chi connectivity index (χ0n) is 9.96. The Bertz CT molecular complexity index is 593. The molecule has 0 amide bonds. The van der Waals surface area contributed by atoms with Crippen LogP contribution in [0.3, 0.4) is 0 Å². The fourth-order valence-electron chi connectivity index (χ4n) is 1.32. The van der Waals surface area contributed by atoms with Crippen LogP contribution < -0.4 is 5.56 Å². The summed E-state index contributed by atoms with van der Waals surface area (Å²) in [4.78, 5) is 14.0. The molecule has 0 radical (unpaired) electrons. The fraction of sp³-hybridized carbons (Fsp3) is 0.154. The Hall–Kier alpha value is -1.88. The van der Waals surface area contributed by atoms with Gasteiger partial charge in [-0.15, -0.1) is 10.2 Å². The molecule has 2 rings (SSSR count). The van der Waals surface area contributed by atoms with E-state index in [2.05, 4.69) is 15.2 Å². The minimum absolute atomic E-state index is 0.181. The molecule has 0 unspecified atom stereocenters. The van der Waals surface area contributed by atoms with Gasteiger partial charge in [0, 0.05) is 5.75 Å². The number of hydrogen-bond donors (Lipinski definition) is 1. The lowest BCUT2D eigenvalue weighted by Crippen LogP contribution is -2.14. The van der Waals surface area contributed by atoms with Crippen LogP contribution in [0, 0.1) is 6.92 Å². The highest BCUT2D eigenvalue weighted by Gasteiger charge is 1.98. The van der Waals surface area contributed by atoms with E-state index in [-0.39, 0.29) is 5.56 Å². The highest BCUT2D eigenvalue weighted by atomic mass is 32.2. The van der Waals surface area contributed by atoms with Gasteiger partial charge in [-0.3, -0.25) is 9.78 Å². The molecular weight excluding hydrogens is 246 g/mol. The van der Waals surface area contributed by atoms with Gasteiger partial charge in [-0.2, -0.15) is 0 Å². The van der Waals surface area contributed by atoms with Gasteiger partial charge in [0.1, 0.15) is 5.69 Å². The van der Waals surface area contributed by atoms with Crippen molar-refractivity contribution in [2.45, 2.75) is 12.1 Å². The molecule has 0 saturated heterocycles. The number of nitrogens with zero attached hydrogens (tertiary/aromatic N) is 2. The van der Waals surface area contributed by atoms with Crippen molar-refractivity contribution >= 4 is 17.8 Å². The number of nitrogens with one attached hydrogen (secondary N) is 1. The maximum atomic E-state index is 11.3. The molecule has 18 heavy (non-hydrogen) atoms. The molecule has 1 aromatic carbocycles. The largest absolute Gasteiger partial charge is 0.298 e. The molecule has 0 atom stereocenters. The summed E-state index contributed by atoms with van der Waals surface area (Å²) >= 11 is 1.45. The zero-order valence-corrected chi connectivity index (χ0v) is 10.8. The molecule has 0 bridgehead atoms. The van der Waals surface area contributed by atoms with Crippen LogP contribution in [0.4, 0.5) is 0 Å². The average Bonchev–Trinajstić information content (AvgIpc) is 2.40. The summed E-state index contributed by atoms with van der Waals surface area (Å²) in [6, 6.07) is 10.0. The molecule has 0 fully saturated rings. The molecule has 1 heterocycles. The molecular formula is C13H13N3OS. The quantitative estimate of drug-likeness (QED) is 0.856. The molecule has 0 saturated carbocycles. The van der Waals surface area contributed by atoms with Crippen LogP contribution in [0.1, 0.15) is 11.3 Å². The van der Waals surface area contributed by atoms with Gasteiger partial charge in [-0.05, 0) is 12.5 Å². The van der Waals surface area contributed by atoms with Gasteiger partial charge < -0.3 is 0 Å². The summed E-state index contributed by atoms with van der Waals surface area (Å²) in [5.74, 6) is 0.739. The topological polar surface area (TPSA) is 58.6 Å². The first kappa shape index (κ1) is 12.6. The predicted octanol–water partition coefficient (Wildman–Crippen LogP) is 2.28. The Balaban J connectivity index is 1.91. The standard InChI is InChI=1S/C13H13N3OS/c1-10-12(17)14-13(16-15-10)18-9-5-8-11-6-3-2-4-7-11/h2-8H,9H2,1H3,(H,14,16,17)/b8-5+. The molecule has 0 aliphatic heterocycles. The molecule has 2 aromatic rings. The Morgan fingerprint density at radius 3 is 2.78 bits per heavy atom. The molecule has 4 nitrogen and oxygen atoms in total. The smallest absolute Gasteiger partial charge is 0.273 e. The Labute approximate surface area is 109 Å². The summed E-state index contributed by atoms with van der Waals surface area (Å²) in [6.45, 7) is 1.63. The van der Waals surface area contributed by atoms with Crippen LogP contribution in [-0.2, 0) is 0 Å². The third-order valence-corrected chi connectivity index (χ3v) is 3.08. The normalized spacial score (nSPS) is 10.9. The van der Waals surface area contributed by atoms with Crippen LogP contribution in [0.15, 0.2) is 46.4 Å². The maximum Gasteiger partial charge on any atom is 0.273 e. The van der Waals surface area contributed by atoms with E-state index in [1.165, 1.54) is 11.8 Å². The molecule has 0 spiro atoms. The van der Waals surface area contributed by atoms with Gasteiger partial charge in [-0.1, -0.05) is 54.2 Å². The van der Waals surface area contributed by atoms with Crippen LogP contribution in [0.25, 0.3) is 6.08 Å². The highest BCUT2D eigenvalue weighted by Crippen LogP contribution is 2.10. The van der Waals surface area contributed by atoms with E-state index in [1.807, 2.05) is 42.5 Å². The van der Waals surface area contributed by atoms with E-state index in [1.54, 1.807) is 6.92 Å². The van der Waals surface area contributed by atoms with Crippen molar-refractivity contribution < 1.29 is 0 Å². The molecule has 1 N–H and O–H groups in total. The van der Waals surface area contributed by atoms with Crippen molar-refractivity contribution in [2.24, 2.45) is 0 Å². The second-order valence-electron chi connectivity index (χ2n) is 3.67. The van der Waals surface area contributed by atoms with E-state index in [9.17, 15) is 4.79 Å². The van der Waals surface area contributed by atoms with Gasteiger partial charge in [-0.25, -0.2) is 0 Å². The Morgan fingerprint density at radius 1 is 1.28 bits per heavy atom. The van der Waals surface area contributed by atoms with Gasteiger partial charge in [0.25, 0.3) is 5.56 Å². The number of rotatable bonds is 4. The number of H-pyrrole nitrogens is 1. The summed E-state index contributed by atoms with van der Waals surface area (Å²) in [5.41, 5.74) is 1.36. The van der Waals surface area contributed by atoms with Crippen LogP contribution in [0.2, 0.25) is 0 Å². The van der Waals surface area contributed by atoms with Crippen molar-refractivity contribution in [2.75, 3.05) is 5.75 Å². The van der Waals surface area contributed by atoms with Gasteiger partial charge in [0.2, 0.25) is 0 Å². The van der Waals surface area contributed by atoms with Crippen LogP contribution >= 0.6 is 11.8 Å². The first-order chi connectivity index (χ1) is 8.75. The van der Waals surface area contributed by atoms with Crippen LogP contribution in [0.5, 0.6) is 0 Å². The van der Waals surface area contributed by atoms with Crippen molar-refractivity contribution in [1.82, 2.24) is 15.2 Å². The Kier molecular flexibility index (Phi) is 4.30. The van der Waals surface area contributed by atoms with Gasteiger partial charge in [0.15, 0.2) is 5.16 Å². The lowest BCUT2D eigenvalue weighted by molar-refractivity contribution is 0.790. The molecule has 5 heteroatoms. The van der Waals surface area contributed by atoms with Gasteiger partial charge >= 0.3 is 0 Å². The summed E-state index contributed by atoms with van der Waals surface area (Å²) in [5, 5.41) is 8.23. The Morgan fingerprint density at radius 2 is 2.06 bits per heavy atom. The lowest BCUT2D eigenvalue weighted by Gasteiger charge is -1.96. The highest BCUT2D eigenvalue weighted by molar-refractivity contribution is 7.99. The second kappa shape index (κ2) is 6.16. The first-order valence-corrected chi connectivity index (χ1v) is 6.52. The first-order valence-electron chi connectivity index (χ1n) is 5.54. The van der Waals surface area contributed by atoms with Crippen molar-refractivity contribution in [3.05, 3.63) is 58.0 Å². The fourth-order valence-corrected chi connectivity index (χ4v) is 1.93. The van der Waals surface area contributed by atoms with E-state index in [0.29, 0.717) is 10.9 Å². The minimum Gasteiger partial charge on any atom is -0.298 e. The predicted molar refractivity (Wildman–Crippen MR) is 73.6 cm³/mol. The van der Waals surface area contributed by atoms with Crippen LogP contribution in [-0.4, -0.2) is 20.9 Å². The van der Waals surface area contributed by atoms with Crippen molar-refractivity contribution in [3.8, 4) is 0 Å². The lowest BCUT2D eigenvalue weighted by atomic mass is 10.2. The number of hydrogen-bond acceptors (Lipinski definition) is 4. The number of thioether (sulfide) groups is 1. The number of aromatic nitrogens is 3. The molecule has 1 aromatic heterocycles. The van der Waals surface area contributed by atoms with Gasteiger partial charge in [0.05, 0.1) is 0 Å². The average molecular weight is 259 g/mol. The summed E-state index contributed by atoms with van der Waals surface area (Å²) in [6.07, 6.45) is 4.06. The van der Waals surface area contributed by atoms with E-state index >= 15 is 0 Å². The second-order valence-corrected chi connectivity index (χ2v) is 4.68. The zero-order chi connectivity index (χ0) is 12.8. The monoisotopic (exact) mass is 259 g/mol. The summed E-state index contributed by atoms with van der Waals surface area (Å²) < 4.78 is 0. The third-order valence-electron chi connectivity index (χ3n) is 2.27. The molecule has 92 valence electrons.